The van der Waals surface area contributed by atoms with Gasteiger partial charge in [0.15, 0.2) is 0 Å². The summed E-state index contributed by atoms with van der Waals surface area (Å²) in [5, 5.41) is 42.7. The number of carboxylic acid groups (broad SMARTS) is 2. The Morgan fingerprint density at radius 3 is 1.00 bits per heavy atom. The maximum absolute atomic E-state index is 8.56. The lowest BCUT2D eigenvalue weighted by Gasteiger charge is -1.99. The Hall–Kier alpha value is -0.890. The van der Waals surface area contributed by atoms with Crippen LogP contribution >= 0.6 is 0 Å². The number of hydrogen-bond acceptors (Lipinski definition) is 5. The molecule has 0 spiro atoms. The number of carbonyl (C=O) groups is 1. The second-order valence-corrected chi connectivity index (χ2v) is 0.883. The highest BCUT2D eigenvalue weighted by molar-refractivity contribution is 5.53. The first kappa shape index (κ1) is 11.0. The largest absolute Gasteiger partial charge is 0.503 e. The molecule has 0 aromatic carbocycles. The van der Waals surface area contributed by atoms with Gasteiger partial charge in [0.2, 0.25) is 0 Å². The van der Waals surface area contributed by atoms with Crippen molar-refractivity contribution in [2.45, 2.75) is 6.16 Å². The van der Waals surface area contributed by atoms with Crippen molar-refractivity contribution in [2.24, 2.45) is 0 Å². The standard InChI is InChI=1S/CH4O4.CH2O3/c2-1(3,4)5;2-1(3)4/h2-5H;(H2,2,3,4). The van der Waals surface area contributed by atoms with Crippen molar-refractivity contribution in [1.82, 2.24) is 0 Å². The van der Waals surface area contributed by atoms with Gasteiger partial charge in [-0.2, -0.15) is 0 Å². The van der Waals surface area contributed by atoms with Crippen LogP contribution in [0.15, 0.2) is 0 Å². The van der Waals surface area contributed by atoms with E-state index in [2.05, 4.69) is 0 Å². The minimum Gasteiger partial charge on any atom is -0.450 e. The summed E-state index contributed by atoms with van der Waals surface area (Å²) in [5.74, 6) is 0. The van der Waals surface area contributed by atoms with Crippen LogP contribution in [-0.2, 0) is 0 Å². The summed E-state index contributed by atoms with van der Waals surface area (Å²) < 4.78 is 0. The van der Waals surface area contributed by atoms with E-state index in [0.717, 1.165) is 0 Å². The van der Waals surface area contributed by atoms with Gasteiger partial charge in [0.1, 0.15) is 0 Å². The first-order valence-electron chi connectivity index (χ1n) is 1.55. The van der Waals surface area contributed by atoms with Crippen LogP contribution in [0, 0.1) is 0 Å². The van der Waals surface area contributed by atoms with Crippen LogP contribution in [0.1, 0.15) is 0 Å². The molecule has 0 aliphatic heterocycles. The number of rotatable bonds is 0. The van der Waals surface area contributed by atoms with Crippen molar-refractivity contribution in [2.75, 3.05) is 0 Å². The van der Waals surface area contributed by atoms with Gasteiger partial charge in [0.25, 0.3) is 0 Å². The van der Waals surface area contributed by atoms with Crippen LogP contribution < -0.4 is 0 Å². The van der Waals surface area contributed by atoms with Crippen LogP contribution in [0.5, 0.6) is 0 Å². The third-order valence-electron chi connectivity index (χ3n) is 0. The number of hydrogen-bond donors (Lipinski definition) is 6. The van der Waals surface area contributed by atoms with E-state index < -0.39 is 12.3 Å². The smallest absolute Gasteiger partial charge is 0.450 e. The van der Waals surface area contributed by atoms with Crippen molar-refractivity contribution in [1.29, 1.82) is 0 Å². The molecule has 0 aromatic heterocycles. The Bertz CT molecular complexity index is 69.4. The predicted octanol–water partition coefficient (Wildman–Crippen LogP) is -2.21. The van der Waals surface area contributed by atoms with Crippen molar-refractivity contribution in [3.8, 4) is 0 Å². The molecule has 0 aliphatic rings. The number of aliphatic hydroxyl groups is 4. The molecule has 56 valence electrons. The SMILES string of the molecule is O=C(O)O.OC(O)(O)O. The van der Waals surface area contributed by atoms with Gasteiger partial charge in [0, 0.05) is 0 Å². The average Bonchev–Trinajstić information content (AvgIpc) is 1.19. The second kappa shape index (κ2) is 4.04. The lowest BCUT2D eigenvalue weighted by Crippen LogP contribution is -2.25. The summed E-state index contributed by atoms with van der Waals surface area (Å²) in [5.41, 5.74) is 0. The first-order chi connectivity index (χ1) is 3.73. The van der Waals surface area contributed by atoms with E-state index in [1.807, 2.05) is 0 Å². The van der Waals surface area contributed by atoms with Gasteiger partial charge in [0.05, 0.1) is 0 Å². The molecule has 0 aliphatic carbocycles. The molecule has 0 bridgehead atoms. The van der Waals surface area contributed by atoms with Crippen LogP contribution in [0.3, 0.4) is 0 Å². The highest BCUT2D eigenvalue weighted by atomic mass is 16.8. The minimum atomic E-state index is -3.50. The van der Waals surface area contributed by atoms with E-state index >= 15 is 0 Å². The monoisotopic (exact) mass is 142 g/mol. The fourth-order valence-corrected chi connectivity index (χ4v) is 0. The van der Waals surface area contributed by atoms with E-state index in [0.29, 0.717) is 0 Å². The predicted molar refractivity (Wildman–Crippen MR) is 22.3 cm³/mol. The normalized spacial score (nSPS) is 9.33. The zero-order valence-corrected chi connectivity index (χ0v) is 4.09. The maximum atomic E-state index is 8.56. The average molecular weight is 142 g/mol. The Morgan fingerprint density at radius 1 is 1.00 bits per heavy atom. The van der Waals surface area contributed by atoms with Gasteiger partial charge in [-0.15, -0.1) is 0 Å². The zero-order chi connectivity index (χ0) is 8.08. The van der Waals surface area contributed by atoms with Crippen LogP contribution in [0.25, 0.3) is 0 Å². The summed E-state index contributed by atoms with van der Waals surface area (Å²) in [4.78, 5) is 8.56. The maximum Gasteiger partial charge on any atom is 0.503 e. The Labute approximate surface area is 49.0 Å². The third-order valence-corrected chi connectivity index (χ3v) is 0. The van der Waals surface area contributed by atoms with E-state index in [1.165, 1.54) is 0 Å². The lowest BCUT2D eigenvalue weighted by atomic mass is 11.2. The zero-order valence-electron chi connectivity index (χ0n) is 4.09. The van der Waals surface area contributed by atoms with E-state index in [-0.39, 0.29) is 0 Å². The third kappa shape index (κ3) is 234. The molecule has 0 heterocycles. The minimum absolute atomic E-state index is 1.83. The van der Waals surface area contributed by atoms with Crippen molar-refractivity contribution < 1.29 is 35.4 Å². The molecule has 0 unspecified atom stereocenters. The lowest BCUT2D eigenvalue weighted by molar-refractivity contribution is -0.436. The Kier molecular flexibility index (Phi) is 4.92. The summed E-state index contributed by atoms with van der Waals surface area (Å²) >= 11 is 0. The highest BCUT2D eigenvalue weighted by Crippen LogP contribution is 1.75. The van der Waals surface area contributed by atoms with Crippen molar-refractivity contribution in [3.05, 3.63) is 0 Å². The molecule has 0 radical (unpaired) electrons. The molecule has 9 heavy (non-hydrogen) atoms. The molecular weight excluding hydrogens is 136 g/mol. The van der Waals surface area contributed by atoms with Gasteiger partial charge in [-0.3, -0.25) is 0 Å². The van der Waals surface area contributed by atoms with Crippen molar-refractivity contribution >= 4 is 6.16 Å². The molecule has 0 rings (SSSR count). The van der Waals surface area contributed by atoms with Gasteiger partial charge in [-0.1, -0.05) is 0 Å². The fourth-order valence-electron chi connectivity index (χ4n) is 0. The summed E-state index contributed by atoms with van der Waals surface area (Å²) in [7, 11) is 0. The van der Waals surface area contributed by atoms with E-state index in [1.54, 1.807) is 0 Å². The van der Waals surface area contributed by atoms with Crippen LogP contribution in [0.4, 0.5) is 4.79 Å². The molecule has 0 aromatic rings. The van der Waals surface area contributed by atoms with Gasteiger partial charge in [-0.05, 0) is 0 Å². The van der Waals surface area contributed by atoms with Gasteiger partial charge < -0.3 is 30.6 Å². The fraction of sp³-hybridized carbons (Fsp3) is 0.500. The topological polar surface area (TPSA) is 138 Å². The molecule has 0 amide bonds. The highest BCUT2D eigenvalue weighted by Gasteiger charge is 2.07. The summed E-state index contributed by atoms with van der Waals surface area (Å²) in [6.45, 7) is 0. The second-order valence-electron chi connectivity index (χ2n) is 0.883. The molecule has 6 N–H and O–H groups in total. The van der Waals surface area contributed by atoms with E-state index in [4.69, 9.17) is 35.4 Å². The molecule has 0 fully saturated rings. The quantitative estimate of drug-likeness (QED) is 0.211. The van der Waals surface area contributed by atoms with E-state index in [9.17, 15) is 0 Å². The molecule has 0 atom stereocenters. The Balaban J connectivity index is 0. The first-order valence-corrected chi connectivity index (χ1v) is 1.55. The molecule has 0 saturated carbocycles. The molecular formula is C2H6O7. The summed E-state index contributed by atoms with van der Waals surface area (Å²) in [6, 6.07) is 0. The van der Waals surface area contributed by atoms with Gasteiger partial charge in [-0.25, -0.2) is 4.79 Å². The molecule has 0 saturated heterocycles. The molecule has 7 heteroatoms. The summed E-state index contributed by atoms with van der Waals surface area (Å²) in [6.07, 6.45) is -5.33. The van der Waals surface area contributed by atoms with Gasteiger partial charge >= 0.3 is 12.3 Å². The van der Waals surface area contributed by atoms with Crippen molar-refractivity contribution in [3.63, 3.8) is 0 Å². The Morgan fingerprint density at radius 2 is 1.00 bits per heavy atom. The van der Waals surface area contributed by atoms with Crippen LogP contribution in [-0.4, -0.2) is 43.0 Å². The van der Waals surface area contributed by atoms with Crippen LogP contribution in [0.2, 0.25) is 0 Å². The molecule has 7 nitrogen and oxygen atoms in total.